The summed E-state index contributed by atoms with van der Waals surface area (Å²) in [5, 5.41) is 0. The van der Waals surface area contributed by atoms with E-state index in [4.69, 9.17) is 14.2 Å². The highest BCUT2D eigenvalue weighted by molar-refractivity contribution is 5.79. The standard InChI is InChI=1S/C16H27NO4/c1-2-19-11-12-9-14-15(10-12)21-8-5-17(14)16(18)13-3-6-20-7-4-13/h12-15H,2-11H2,1H3. The summed E-state index contributed by atoms with van der Waals surface area (Å²) in [6, 6.07) is 0.263. The van der Waals surface area contributed by atoms with Crippen molar-refractivity contribution in [3.05, 3.63) is 0 Å². The number of ether oxygens (including phenoxy) is 3. The van der Waals surface area contributed by atoms with Gasteiger partial charge in [0.1, 0.15) is 0 Å². The zero-order chi connectivity index (χ0) is 14.7. The summed E-state index contributed by atoms with van der Waals surface area (Å²) in [5.74, 6) is 1.01. The van der Waals surface area contributed by atoms with Gasteiger partial charge in [-0.3, -0.25) is 4.79 Å². The molecule has 1 saturated carbocycles. The number of rotatable bonds is 4. The molecule has 0 radical (unpaired) electrons. The van der Waals surface area contributed by atoms with Gasteiger partial charge in [0.25, 0.3) is 0 Å². The lowest BCUT2D eigenvalue weighted by Gasteiger charge is -2.40. The van der Waals surface area contributed by atoms with Gasteiger partial charge in [0.2, 0.25) is 5.91 Å². The molecule has 0 bridgehead atoms. The van der Waals surface area contributed by atoms with Crippen molar-refractivity contribution in [3.8, 4) is 0 Å². The molecular weight excluding hydrogens is 270 g/mol. The number of morpholine rings is 1. The molecule has 2 heterocycles. The molecule has 21 heavy (non-hydrogen) atoms. The Morgan fingerprint density at radius 2 is 2.05 bits per heavy atom. The fourth-order valence-corrected chi connectivity index (χ4v) is 3.92. The third-order valence-electron chi connectivity index (χ3n) is 5.05. The SMILES string of the molecule is CCOCC1CC2OCCN(C(=O)C3CCOCC3)C2C1. The number of hydrogen-bond donors (Lipinski definition) is 0. The van der Waals surface area contributed by atoms with Crippen molar-refractivity contribution in [2.45, 2.75) is 44.8 Å². The lowest BCUT2D eigenvalue weighted by Crippen LogP contribution is -2.53. The van der Waals surface area contributed by atoms with Crippen LogP contribution in [0.15, 0.2) is 0 Å². The molecule has 2 aliphatic heterocycles. The molecule has 3 rings (SSSR count). The first-order chi connectivity index (χ1) is 10.3. The Labute approximate surface area is 126 Å². The number of carbonyl (C=O) groups is 1. The second-order valence-corrected chi connectivity index (χ2v) is 6.39. The normalized spacial score (nSPS) is 34.0. The predicted octanol–water partition coefficient (Wildman–Crippen LogP) is 1.46. The van der Waals surface area contributed by atoms with Crippen LogP contribution in [-0.2, 0) is 19.0 Å². The molecule has 0 aromatic heterocycles. The van der Waals surface area contributed by atoms with Gasteiger partial charge in [0.15, 0.2) is 0 Å². The molecule has 5 nitrogen and oxygen atoms in total. The maximum atomic E-state index is 12.8. The van der Waals surface area contributed by atoms with Crippen molar-refractivity contribution in [2.75, 3.05) is 39.6 Å². The Bertz CT molecular complexity index is 356. The van der Waals surface area contributed by atoms with Crippen molar-refractivity contribution in [1.82, 2.24) is 4.90 Å². The van der Waals surface area contributed by atoms with Crippen LogP contribution in [0.25, 0.3) is 0 Å². The first kappa shape index (κ1) is 15.3. The van der Waals surface area contributed by atoms with Crippen LogP contribution < -0.4 is 0 Å². The van der Waals surface area contributed by atoms with Gasteiger partial charge in [0, 0.05) is 38.9 Å². The summed E-state index contributed by atoms with van der Waals surface area (Å²) in [7, 11) is 0. The lowest BCUT2D eigenvalue weighted by molar-refractivity contribution is -0.151. The minimum atomic E-state index is 0.156. The minimum Gasteiger partial charge on any atom is -0.381 e. The molecule has 3 aliphatic rings. The average Bonchev–Trinajstić information content (AvgIpc) is 2.96. The Morgan fingerprint density at radius 1 is 1.24 bits per heavy atom. The molecule has 0 N–H and O–H groups in total. The van der Waals surface area contributed by atoms with E-state index >= 15 is 0 Å². The molecule has 1 amide bonds. The predicted molar refractivity (Wildman–Crippen MR) is 78.0 cm³/mol. The quantitative estimate of drug-likeness (QED) is 0.788. The van der Waals surface area contributed by atoms with E-state index in [0.717, 1.165) is 58.7 Å². The first-order valence-electron chi connectivity index (χ1n) is 8.37. The molecule has 0 spiro atoms. The number of amides is 1. The molecule has 2 saturated heterocycles. The van der Waals surface area contributed by atoms with Gasteiger partial charge in [-0.1, -0.05) is 0 Å². The summed E-state index contributed by atoms with van der Waals surface area (Å²) in [4.78, 5) is 14.9. The van der Waals surface area contributed by atoms with Gasteiger partial charge < -0.3 is 19.1 Å². The number of fused-ring (bicyclic) bond motifs is 1. The van der Waals surface area contributed by atoms with Gasteiger partial charge in [0.05, 0.1) is 18.8 Å². The first-order valence-corrected chi connectivity index (χ1v) is 8.37. The van der Waals surface area contributed by atoms with Crippen molar-refractivity contribution < 1.29 is 19.0 Å². The van der Waals surface area contributed by atoms with Crippen LogP contribution in [0.3, 0.4) is 0 Å². The Balaban J connectivity index is 1.61. The summed E-state index contributed by atoms with van der Waals surface area (Å²) in [6.07, 6.45) is 4.02. The van der Waals surface area contributed by atoms with Crippen molar-refractivity contribution in [1.29, 1.82) is 0 Å². The molecule has 120 valence electrons. The van der Waals surface area contributed by atoms with E-state index in [1.54, 1.807) is 0 Å². The maximum Gasteiger partial charge on any atom is 0.226 e. The molecule has 0 aromatic rings. The van der Waals surface area contributed by atoms with Gasteiger partial charge in [-0.2, -0.15) is 0 Å². The molecule has 5 heteroatoms. The highest BCUT2D eigenvalue weighted by atomic mass is 16.5. The number of nitrogens with zero attached hydrogens (tertiary/aromatic N) is 1. The topological polar surface area (TPSA) is 48.0 Å². The summed E-state index contributed by atoms with van der Waals surface area (Å²) >= 11 is 0. The van der Waals surface area contributed by atoms with Crippen molar-refractivity contribution in [3.63, 3.8) is 0 Å². The number of carbonyl (C=O) groups excluding carboxylic acids is 1. The second kappa shape index (κ2) is 7.07. The Kier molecular flexibility index (Phi) is 5.14. The van der Waals surface area contributed by atoms with Gasteiger partial charge in [-0.15, -0.1) is 0 Å². The molecule has 1 aliphatic carbocycles. The van der Waals surface area contributed by atoms with Crippen LogP contribution in [0.4, 0.5) is 0 Å². The van der Waals surface area contributed by atoms with Gasteiger partial charge in [-0.25, -0.2) is 0 Å². The Morgan fingerprint density at radius 3 is 2.81 bits per heavy atom. The summed E-state index contributed by atoms with van der Waals surface area (Å²) in [5.41, 5.74) is 0. The highest BCUT2D eigenvalue weighted by Crippen LogP contribution is 2.35. The monoisotopic (exact) mass is 297 g/mol. The zero-order valence-electron chi connectivity index (χ0n) is 13.0. The molecule has 3 unspecified atom stereocenters. The largest absolute Gasteiger partial charge is 0.381 e. The highest BCUT2D eigenvalue weighted by Gasteiger charge is 2.44. The third-order valence-corrected chi connectivity index (χ3v) is 5.05. The van der Waals surface area contributed by atoms with E-state index in [9.17, 15) is 4.79 Å². The second-order valence-electron chi connectivity index (χ2n) is 6.39. The fraction of sp³-hybridized carbons (Fsp3) is 0.938. The van der Waals surface area contributed by atoms with Gasteiger partial charge in [-0.05, 0) is 38.5 Å². The van der Waals surface area contributed by atoms with E-state index in [-0.39, 0.29) is 18.1 Å². The van der Waals surface area contributed by atoms with E-state index in [2.05, 4.69) is 4.90 Å². The van der Waals surface area contributed by atoms with Crippen LogP contribution in [0.1, 0.15) is 32.6 Å². The maximum absolute atomic E-state index is 12.8. The third kappa shape index (κ3) is 3.41. The van der Waals surface area contributed by atoms with Crippen LogP contribution in [0, 0.1) is 11.8 Å². The number of hydrogen-bond acceptors (Lipinski definition) is 4. The molecular formula is C16H27NO4. The van der Waals surface area contributed by atoms with E-state index in [1.165, 1.54) is 0 Å². The van der Waals surface area contributed by atoms with E-state index in [0.29, 0.717) is 18.4 Å². The summed E-state index contributed by atoms with van der Waals surface area (Å²) in [6.45, 7) is 6.46. The van der Waals surface area contributed by atoms with Gasteiger partial charge >= 0.3 is 0 Å². The minimum absolute atomic E-state index is 0.156. The molecule has 0 aromatic carbocycles. The Hall–Kier alpha value is -0.650. The molecule has 3 atom stereocenters. The smallest absolute Gasteiger partial charge is 0.226 e. The van der Waals surface area contributed by atoms with E-state index < -0.39 is 0 Å². The van der Waals surface area contributed by atoms with Crippen molar-refractivity contribution in [2.24, 2.45) is 11.8 Å². The van der Waals surface area contributed by atoms with E-state index in [1.807, 2.05) is 6.92 Å². The summed E-state index contributed by atoms with van der Waals surface area (Å²) < 4.78 is 16.8. The van der Waals surface area contributed by atoms with Crippen LogP contribution >= 0.6 is 0 Å². The van der Waals surface area contributed by atoms with Crippen LogP contribution in [0.5, 0.6) is 0 Å². The van der Waals surface area contributed by atoms with Crippen LogP contribution in [0.2, 0.25) is 0 Å². The van der Waals surface area contributed by atoms with Crippen molar-refractivity contribution >= 4 is 5.91 Å². The average molecular weight is 297 g/mol. The zero-order valence-corrected chi connectivity index (χ0v) is 13.0. The fourth-order valence-electron chi connectivity index (χ4n) is 3.92. The van der Waals surface area contributed by atoms with Crippen LogP contribution in [-0.4, -0.2) is 62.5 Å². The molecule has 3 fully saturated rings. The lowest BCUT2D eigenvalue weighted by atomic mass is 9.96.